The molecule has 102 valence electrons. The van der Waals surface area contributed by atoms with E-state index in [1.807, 2.05) is 13.8 Å². The third kappa shape index (κ3) is 2.64. The molecule has 0 aliphatic carbocycles. The van der Waals surface area contributed by atoms with Gasteiger partial charge in [-0.2, -0.15) is 9.97 Å². The average molecular weight is 283 g/mol. The quantitative estimate of drug-likeness (QED) is 0.856. The Labute approximate surface area is 115 Å². The first-order valence-corrected chi connectivity index (χ1v) is 6.68. The second kappa shape index (κ2) is 4.94. The van der Waals surface area contributed by atoms with Crippen molar-refractivity contribution in [3.8, 4) is 5.88 Å². The topological polar surface area (TPSA) is 72.9 Å². The van der Waals surface area contributed by atoms with Gasteiger partial charge in [0.25, 0.3) is 0 Å². The minimum atomic E-state index is 0.0659. The lowest BCUT2D eigenvalue weighted by molar-refractivity contribution is -0.0726. The van der Waals surface area contributed by atoms with Crippen molar-refractivity contribution < 1.29 is 9.47 Å². The van der Waals surface area contributed by atoms with E-state index in [1.54, 1.807) is 6.33 Å². The molecule has 1 fully saturated rings. The highest BCUT2D eigenvalue weighted by Crippen LogP contribution is 2.27. The van der Waals surface area contributed by atoms with Gasteiger partial charge in [0.2, 0.25) is 11.2 Å². The van der Waals surface area contributed by atoms with Gasteiger partial charge < -0.3 is 14.5 Å². The summed E-state index contributed by atoms with van der Waals surface area (Å²) in [6, 6.07) is 0. The van der Waals surface area contributed by atoms with E-state index in [4.69, 9.17) is 21.1 Å². The van der Waals surface area contributed by atoms with Crippen LogP contribution in [0.4, 0.5) is 0 Å². The largest absolute Gasteiger partial charge is 0.473 e. The second-order valence-corrected chi connectivity index (χ2v) is 5.21. The monoisotopic (exact) mass is 282 g/mol. The summed E-state index contributed by atoms with van der Waals surface area (Å²) < 4.78 is 11.7. The lowest BCUT2D eigenvalue weighted by Crippen LogP contribution is -2.35. The molecule has 3 rings (SSSR count). The van der Waals surface area contributed by atoms with E-state index >= 15 is 0 Å². The Morgan fingerprint density at radius 3 is 2.79 bits per heavy atom. The summed E-state index contributed by atoms with van der Waals surface area (Å²) in [6.45, 7) is 4.09. The summed E-state index contributed by atoms with van der Waals surface area (Å²) in [5.41, 5.74) is 1.19. The normalized spacial score (nSPS) is 27.6. The van der Waals surface area contributed by atoms with Gasteiger partial charge in [-0.25, -0.2) is 4.98 Å². The molecule has 7 heteroatoms. The highest BCUT2D eigenvalue weighted by Gasteiger charge is 2.27. The van der Waals surface area contributed by atoms with E-state index in [-0.39, 0.29) is 23.6 Å². The minimum Gasteiger partial charge on any atom is -0.473 e. The van der Waals surface area contributed by atoms with E-state index < -0.39 is 0 Å². The van der Waals surface area contributed by atoms with Gasteiger partial charge in [0.05, 0.1) is 18.5 Å². The molecule has 0 radical (unpaired) electrons. The highest BCUT2D eigenvalue weighted by atomic mass is 35.5. The average Bonchev–Trinajstić information content (AvgIpc) is 2.75. The Morgan fingerprint density at radius 2 is 2.05 bits per heavy atom. The molecule has 1 N–H and O–H groups in total. The number of rotatable bonds is 2. The van der Waals surface area contributed by atoms with E-state index in [1.165, 1.54) is 0 Å². The highest BCUT2D eigenvalue weighted by molar-refractivity contribution is 6.28. The second-order valence-electron chi connectivity index (χ2n) is 4.87. The SMILES string of the molecule is CC1CC(Oc2nc(Cl)nc3nc[nH]c23)CC(C)O1. The molecular formula is C12H15ClN4O2. The van der Waals surface area contributed by atoms with E-state index in [0.717, 1.165) is 12.8 Å². The smallest absolute Gasteiger partial charge is 0.244 e. The summed E-state index contributed by atoms with van der Waals surface area (Å²) in [7, 11) is 0. The Kier molecular flexibility index (Phi) is 3.28. The molecule has 3 heterocycles. The molecule has 2 aromatic heterocycles. The van der Waals surface area contributed by atoms with Crippen LogP contribution in [0.3, 0.4) is 0 Å². The molecule has 1 aliphatic rings. The molecule has 19 heavy (non-hydrogen) atoms. The summed E-state index contributed by atoms with van der Waals surface area (Å²) >= 11 is 5.87. The number of aromatic nitrogens is 4. The molecule has 6 nitrogen and oxygen atoms in total. The molecule has 2 unspecified atom stereocenters. The van der Waals surface area contributed by atoms with Gasteiger partial charge in [-0.15, -0.1) is 0 Å². The van der Waals surface area contributed by atoms with Gasteiger partial charge in [0.1, 0.15) is 11.6 Å². The zero-order chi connectivity index (χ0) is 13.4. The fourth-order valence-corrected chi connectivity index (χ4v) is 2.62. The van der Waals surface area contributed by atoms with Crippen LogP contribution in [0.1, 0.15) is 26.7 Å². The van der Waals surface area contributed by atoms with Crippen molar-refractivity contribution in [1.29, 1.82) is 0 Å². The van der Waals surface area contributed by atoms with Crippen LogP contribution in [0.5, 0.6) is 5.88 Å². The van der Waals surface area contributed by atoms with E-state index in [0.29, 0.717) is 17.0 Å². The number of hydrogen-bond donors (Lipinski definition) is 1. The number of H-pyrrole nitrogens is 1. The molecule has 2 aromatic rings. The third-order valence-corrected chi connectivity index (χ3v) is 3.33. The third-order valence-electron chi connectivity index (χ3n) is 3.16. The number of aromatic amines is 1. The van der Waals surface area contributed by atoms with Crippen molar-refractivity contribution in [2.45, 2.75) is 45.0 Å². The number of ether oxygens (including phenoxy) is 2. The van der Waals surface area contributed by atoms with Crippen LogP contribution in [0, 0.1) is 0 Å². The predicted octanol–water partition coefficient (Wildman–Crippen LogP) is 2.34. The molecule has 0 amide bonds. The first-order chi connectivity index (χ1) is 9.11. The molecule has 0 aromatic carbocycles. The van der Waals surface area contributed by atoms with Crippen LogP contribution >= 0.6 is 11.6 Å². The maximum atomic E-state index is 5.96. The Balaban J connectivity index is 1.86. The van der Waals surface area contributed by atoms with E-state index in [9.17, 15) is 0 Å². The van der Waals surface area contributed by atoms with Crippen LogP contribution in [0.25, 0.3) is 11.2 Å². The van der Waals surface area contributed by atoms with Gasteiger partial charge in [-0.05, 0) is 25.4 Å². The van der Waals surface area contributed by atoms with Crippen molar-refractivity contribution in [3.05, 3.63) is 11.6 Å². The predicted molar refractivity (Wildman–Crippen MR) is 70.4 cm³/mol. The van der Waals surface area contributed by atoms with Crippen LogP contribution in [-0.4, -0.2) is 38.2 Å². The number of halogens is 1. The molecule has 2 atom stereocenters. The maximum absolute atomic E-state index is 5.96. The van der Waals surface area contributed by atoms with Crippen LogP contribution < -0.4 is 4.74 Å². The molecule has 1 saturated heterocycles. The van der Waals surface area contributed by atoms with Crippen molar-refractivity contribution in [2.24, 2.45) is 0 Å². The summed E-state index contributed by atoms with van der Waals surface area (Å²) in [6.07, 6.45) is 3.66. The fraction of sp³-hybridized carbons (Fsp3) is 0.583. The number of hydrogen-bond acceptors (Lipinski definition) is 5. The van der Waals surface area contributed by atoms with Crippen molar-refractivity contribution in [3.63, 3.8) is 0 Å². The zero-order valence-electron chi connectivity index (χ0n) is 10.8. The van der Waals surface area contributed by atoms with Gasteiger partial charge in [0, 0.05) is 12.8 Å². The zero-order valence-corrected chi connectivity index (χ0v) is 11.5. The summed E-state index contributed by atoms with van der Waals surface area (Å²) in [5, 5.41) is 0.141. The Hall–Kier alpha value is -1.40. The summed E-state index contributed by atoms with van der Waals surface area (Å²) in [5.74, 6) is 0.457. The van der Waals surface area contributed by atoms with Gasteiger partial charge in [-0.1, -0.05) is 0 Å². The number of imidazole rings is 1. The number of nitrogens with zero attached hydrogens (tertiary/aromatic N) is 3. The van der Waals surface area contributed by atoms with Crippen molar-refractivity contribution in [2.75, 3.05) is 0 Å². The minimum absolute atomic E-state index is 0.0659. The Morgan fingerprint density at radius 1 is 1.32 bits per heavy atom. The van der Waals surface area contributed by atoms with Gasteiger partial charge in [-0.3, -0.25) is 0 Å². The molecule has 0 bridgehead atoms. The van der Waals surface area contributed by atoms with E-state index in [2.05, 4.69) is 19.9 Å². The van der Waals surface area contributed by atoms with Gasteiger partial charge in [0.15, 0.2) is 5.65 Å². The number of fused-ring (bicyclic) bond motifs is 1. The van der Waals surface area contributed by atoms with Crippen LogP contribution in [0.2, 0.25) is 5.28 Å². The van der Waals surface area contributed by atoms with Crippen LogP contribution in [-0.2, 0) is 4.74 Å². The Bertz CT molecular complexity index is 578. The van der Waals surface area contributed by atoms with Crippen LogP contribution in [0.15, 0.2) is 6.33 Å². The van der Waals surface area contributed by atoms with Crippen molar-refractivity contribution >= 4 is 22.8 Å². The lowest BCUT2D eigenvalue weighted by atomic mass is 10.0. The lowest BCUT2D eigenvalue weighted by Gasteiger charge is -2.31. The molecular weight excluding hydrogens is 268 g/mol. The standard InChI is InChI=1S/C12H15ClN4O2/c1-6-3-8(4-7(2)18-6)19-11-9-10(15-5-14-9)16-12(13)17-11/h5-8H,3-4H2,1-2H3,(H,14,15,16,17). The van der Waals surface area contributed by atoms with Crippen molar-refractivity contribution in [1.82, 2.24) is 19.9 Å². The molecule has 0 spiro atoms. The first-order valence-electron chi connectivity index (χ1n) is 6.30. The number of nitrogens with one attached hydrogen (secondary N) is 1. The summed E-state index contributed by atoms with van der Waals surface area (Å²) in [4.78, 5) is 15.2. The fourth-order valence-electron chi connectivity index (χ4n) is 2.47. The molecule has 1 aliphatic heterocycles. The molecule has 0 saturated carbocycles. The maximum Gasteiger partial charge on any atom is 0.244 e. The van der Waals surface area contributed by atoms with Gasteiger partial charge >= 0.3 is 0 Å². The first kappa shape index (κ1) is 12.6.